The minimum atomic E-state index is -1.30. The van der Waals surface area contributed by atoms with Gasteiger partial charge in [0.2, 0.25) is 0 Å². The predicted molar refractivity (Wildman–Crippen MR) is 186 cm³/mol. The third-order valence-electron chi connectivity index (χ3n) is 8.48. The molecule has 0 aromatic heterocycles. The number of aromatic carboxylic acids is 1. The maximum Gasteiger partial charge on any atom is 0.342 e. The molecule has 9 nitrogen and oxygen atoms in total. The molecule has 2 atom stereocenters. The van der Waals surface area contributed by atoms with Crippen LogP contribution in [0.5, 0.6) is 23.0 Å². The van der Waals surface area contributed by atoms with E-state index >= 15 is 0 Å². The summed E-state index contributed by atoms with van der Waals surface area (Å²) in [4.78, 5) is 26.4. The molecule has 3 rings (SSSR count). The molecule has 3 aromatic rings. The second kappa shape index (κ2) is 17.4. The molecule has 9 heteroatoms. The van der Waals surface area contributed by atoms with Gasteiger partial charge in [-0.15, -0.1) is 0 Å². The lowest BCUT2D eigenvalue weighted by molar-refractivity contribution is 0.0367. The van der Waals surface area contributed by atoms with Crippen LogP contribution in [-0.4, -0.2) is 58.8 Å². The van der Waals surface area contributed by atoms with Crippen molar-refractivity contribution in [3.8, 4) is 23.0 Å². The Morgan fingerprint density at radius 3 is 1.88 bits per heavy atom. The largest absolute Gasteiger partial charge is 0.507 e. The molecule has 0 aliphatic rings. The second-order valence-electron chi connectivity index (χ2n) is 12.1. The minimum absolute atomic E-state index is 0.0383. The number of aromatic hydroxyl groups is 2. The number of methoxy groups -OCH3 is 2. The van der Waals surface area contributed by atoms with Gasteiger partial charge in [0.25, 0.3) is 0 Å². The van der Waals surface area contributed by atoms with Crippen molar-refractivity contribution in [3.63, 3.8) is 0 Å². The van der Waals surface area contributed by atoms with E-state index in [4.69, 9.17) is 14.2 Å². The molecule has 4 N–H and O–H groups in total. The van der Waals surface area contributed by atoms with Crippen molar-refractivity contribution in [2.75, 3.05) is 14.2 Å². The number of carbonyl (C=O) groups is 2. The first-order valence-electron chi connectivity index (χ1n) is 16.1. The maximum atomic E-state index is 14.0. The van der Waals surface area contributed by atoms with Gasteiger partial charge in [-0.2, -0.15) is 0 Å². The molecule has 3 aromatic carbocycles. The highest BCUT2D eigenvalue weighted by Gasteiger charge is 2.30. The zero-order chi connectivity index (χ0) is 35.5. The molecule has 258 valence electrons. The Kier molecular flexibility index (Phi) is 13.7. The first kappa shape index (κ1) is 37.7. The average Bonchev–Trinajstić information content (AvgIpc) is 3.05. The van der Waals surface area contributed by atoms with Gasteiger partial charge in [0, 0.05) is 24.0 Å². The molecule has 2 unspecified atom stereocenters. The standard InChI is InChI=1S/C39H48O9/c1-8-9-11-16-26-19-32(46-6)28(21-30(40)23(2)3)37(42)35(26)39(45)48-31(24(4)5)22-29-33(47-7)20-27(34(36(29)41)38(43)44)18-17-25-14-12-10-13-15-25/h10,12-15,19-20,30-31,40-42H,2,4,8-9,11,16-18,21-22H2,1,3,5-7H3,(H,43,44). The lowest BCUT2D eigenvalue weighted by Crippen LogP contribution is -2.24. The van der Waals surface area contributed by atoms with Gasteiger partial charge in [0.05, 0.1) is 20.3 Å². The monoisotopic (exact) mass is 660 g/mol. The molecule has 48 heavy (non-hydrogen) atoms. The smallest absolute Gasteiger partial charge is 0.342 e. The fourth-order valence-electron chi connectivity index (χ4n) is 5.64. The van der Waals surface area contributed by atoms with E-state index < -0.39 is 29.9 Å². The third kappa shape index (κ3) is 9.19. The minimum Gasteiger partial charge on any atom is -0.507 e. The second-order valence-corrected chi connectivity index (χ2v) is 12.1. The number of ether oxygens (including phenoxy) is 3. The number of hydrogen-bond donors (Lipinski definition) is 4. The van der Waals surface area contributed by atoms with Crippen molar-refractivity contribution in [3.05, 3.63) is 106 Å². The van der Waals surface area contributed by atoms with Crippen LogP contribution in [0.1, 0.15) is 88.6 Å². The molecule has 0 amide bonds. The summed E-state index contributed by atoms with van der Waals surface area (Å²) in [6.45, 7) is 13.1. The van der Waals surface area contributed by atoms with Crippen LogP contribution in [0.4, 0.5) is 0 Å². The van der Waals surface area contributed by atoms with Crippen LogP contribution in [0.2, 0.25) is 0 Å². The van der Waals surface area contributed by atoms with Gasteiger partial charge >= 0.3 is 11.9 Å². The van der Waals surface area contributed by atoms with Gasteiger partial charge in [-0.1, -0.05) is 68.8 Å². The SMILES string of the molecule is C=C(C)C(O)Cc1c(OC)cc(CCCCC)c(C(=O)OC(Cc2c(OC)cc(CCc3ccccc3)c(C(=O)O)c2O)C(=C)C)c1O. The van der Waals surface area contributed by atoms with Crippen molar-refractivity contribution in [2.24, 2.45) is 0 Å². The zero-order valence-corrected chi connectivity index (χ0v) is 28.6. The van der Waals surface area contributed by atoms with E-state index in [-0.39, 0.29) is 46.6 Å². The van der Waals surface area contributed by atoms with E-state index in [1.807, 2.05) is 30.3 Å². The van der Waals surface area contributed by atoms with E-state index in [9.17, 15) is 30.0 Å². The molecule has 0 spiro atoms. The summed E-state index contributed by atoms with van der Waals surface area (Å²) in [5.41, 5.74) is 2.92. The highest BCUT2D eigenvalue weighted by Crippen LogP contribution is 2.40. The number of carbonyl (C=O) groups excluding carboxylic acids is 1. The maximum absolute atomic E-state index is 14.0. The molecule has 0 aliphatic carbocycles. The lowest BCUT2D eigenvalue weighted by Gasteiger charge is -2.24. The normalized spacial score (nSPS) is 12.2. The molecular weight excluding hydrogens is 612 g/mol. The van der Waals surface area contributed by atoms with Crippen LogP contribution in [-0.2, 0) is 36.8 Å². The number of rotatable bonds is 18. The van der Waals surface area contributed by atoms with Gasteiger partial charge in [-0.3, -0.25) is 0 Å². The topological polar surface area (TPSA) is 143 Å². The van der Waals surface area contributed by atoms with E-state index in [0.717, 1.165) is 24.8 Å². The van der Waals surface area contributed by atoms with Gasteiger partial charge in [0.15, 0.2) is 0 Å². The van der Waals surface area contributed by atoms with E-state index in [2.05, 4.69) is 20.1 Å². The highest BCUT2D eigenvalue weighted by molar-refractivity contribution is 5.96. The Morgan fingerprint density at radius 1 is 0.792 bits per heavy atom. The van der Waals surface area contributed by atoms with Crippen molar-refractivity contribution in [1.29, 1.82) is 0 Å². The lowest BCUT2D eigenvalue weighted by atomic mass is 9.92. The first-order chi connectivity index (χ1) is 22.8. The number of carboxylic acid groups (broad SMARTS) is 1. The van der Waals surface area contributed by atoms with E-state index in [1.165, 1.54) is 14.2 Å². The number of phenols is 2. The van der Waals surface area contributed by atoms with Crippen molar-refractivity contribution in [2.45, 2.75) is 84.3 Å². The number of aryl methyl sites for hydroxylation is 3. The Bertz CT molecular complexity index is 1620. The average molecular weight is 661 g/mol. The predicted octanol–water partition coefficient (Wildman–Crippen LogP) is 7.15. The van der Waals surface area contributed by atoms with E-state index in [0.29, 0.717) is 47.3 Å². The fraction of sp³-hybridized carbons (Fsp3) is 0.385. The summed E-state index contributed by atoms with van der Waals surface area (Å²) in [7, 11) is 2.87. The Balaban J connectivity index is 2.04. The van der Waals surface area contributed by atoms with Crippen molar-refractivity contribution >= 4 is 11.9 Å². The molecule has 0 saturated carbocycles. The van der Waals surface area contributed by atoms with Crippen molar-refractivity contribution < 1.29 is 44.2 Å². The number of carboxylic acids is 1. The van der Waals surface area contributed by atoms with Crippen LogP contribution in [0.25, 0.3) is 0 Å². The summed E-state index contributed by atoms with van der Waals surface area (Å²) in [6.07, 6.45) is 1.75. The van der Waals surface area contributed by atoms with Gasteiger partial charge < -0.3 is 34.6 Å². The number of aliphatic hydroxyl groups excluding tert-OH is 1. The Hall–Kier alpha value is -4.76. The molecule has 0 heterocycles. The van der Waals surface area contributed by atoms with Crippen LogP contribution < -0.4 is 9.47 Å². The number of esters is 1. The third-order valence-corrected chi connectivity index (χ3v) is 8.48. The molecule has 0 fully saturated rings. The quantitative estimate of drug-likeness (QED) is 0.0635. The van der Waals surface area contributed by atoms with Crippen LogP contribution in [0.3, 0.4) is 0 Å². The molecular formula is C39H48O9. The van der Waals surface area contributed by atoms with Crippen LogP contribution >= 0.6 is 0 Å². The van der Waals surface area contributed by atoms with E-state index in [1.54, 1.807) is 26.0 Å². The summed E-state index contributed by atoms with van der Waals surface area (Å²) < 4.78 is 17.1. The summed E-state index contributed by atoms with van der Waals surface area (Å²) in [5.74, 6) is -2.40. The molecule has 0 aliphatic heterocycles. The number of hydrogen-bond acceptors (Lipinski definition) is 8. The van der Waals surface area contributed by atoms with Crippen LogP contribution in [0, 0.1) is 0 Å². The van der Waals surface area contributed by atoms with Crippen LogP contribution in [0.15, 0.2) is 66.8 Å². The zero-order valence-electron chi connectivity index (χ0n) is 28.6. The molecule has 0 bridgehead atoms. The molecule has 0 saturated heterocycles. The molecule has 0 radical (unpaired) electrons. The first-order valence-corrected chi connectivity index (χ1v) is 16.1. The Morgan fingerprint density at radius 2 is 1.35 bits per heavy atom. The van der Waals surface area contributed by atoms with Gasteiger partial charge in [-0.05, 0) is 73.9 Å². The highest BCUT2D eigenvalue weighted by atomic mass is 16.5. The number of aliphatic hydroxyl groups is 1. The summed E-state index contributed by atoms with van der Waals surface area (Å²) in [5, 5.41) is 43.5. The number of phenolic OH excluding ortho intramolecular Hbond substituents is 1. The summed E-state index contributed by atoms with van der Waals surface area (Å²) >= 11 is 0. The number of benzene rings is 3. The van der Waals surface area contributed by atoms with Gasteiger partial charge in [0.1, 0.15) is 40.2 Å². The van der Waals surface area contributed by atoms with Crippen molar-refractivity contribution in [1.82, 2.24) is 0 Å². The van der Waals surface area contributed by atoms with Gasteiger partial charge in [-0.25, -0.2) is 9.59 Å². The fourth-order valence-corrected chi connectivity index (χ4v) is 5.64. The summed E-state index contributed by atoms with van der Waals surface area (Å²) in [6, 6.07) is 12.9. The Labute approximate surface area is 283 Å². The number of unbranched alkanes of at least 4 members (excludes halogenated alkanes) is 2.